The van der Waals surface area contributed by atoms with Gasteiger partial charge in [0, 0.05) is 20.2 Å². The fraction of sp³-hybridized carbons (Fsp3) is 0.929. The van der Waals surface area contributed by atoms with Crippen molar-refractivity contribution >= 4 is 5.97 Å². The van der Waals surface area contributed by atoms with E-state index >= 15 is 0 Å². The molecule has 2 atom stereocenters. The van der Waals surface area contributed by atoms with Crippen LogP contribution in [0.15, 0.2) is 0 Å². The summed E-state index contributed by atoms with van der Waals surface area (Å²) in [5, 5.41) is 0. The molecule has 106 valence electrons. The molecule has 1 heterocycles. The Bertz CT molecular complexity index is 273. The lowest BCUT2D eigenvalue weighted by atomic mass is 9.96. The van der Waals surface area contributed by atoms with Crippen LogP contribution in [0.3, 0.4) is 0 Å². The SMILES string of the molecule is COC1CN(CCC(=O)OC(C)(C)C)CCC1C. The predicted molar refractivity (Wildman–Crippen MR) is 71.5 cm³/mol. The minimum Gasteiger partial charge on any atom is -0.460 e. The number of ether oxygens (including phenoxy) is 2. The average Bonchev–Trinajstić information content (AvgIpc) is 2.25. The fourth-order valence-electron chi connectivity index (χ4n) is 2.25. The molecule has 0 saturated carbocycles. The molecule has 1 fully saturated rings. The third-order valence-corrected chi connectivity index (χ3v) is 3.33. The first-order valence-corrected chi connectivity index (χ1v) is 6.79. The van der Waals surface area contributed by atoms with Gasteiger partial charge < -0.3 is 14.4 Å². The molecule has 0 bridgehead atoms. The Labute approximate surface area is 111 Å². The van der Waals surface area contributed by atoms with E-state index in [0.29, 0.717) is 12.3 Å². The van der Waals surface area contributed by atoms with Crippen molar-refractivity contribution in [1.82, 2.24) is 4.90 Å². The van der Waals surface area contributed by atoms with E-state index in [2.05, 4.69) is 11.8 Å². The summed E-state index contributed by atoms with van der Waals surface area (Å²) in [7, 11) is 1.76. The summed E-state index contributed by atoms with van der Waals surface area (Å²) in [6.07, 6.45) is 1.88. The van der Waals surface area contributed by atoms with Crippen LogP contribution >= 0.6 is 0 Å². The van der Waals surface area contributed by atoms with Gasteiger partial charge in [-0.05, 0) is 39.7 Å². The van der Waals surface area contributed by atoms with Gasteiger partial charge in [0.2, 0.25) is 0 Å². The zero-order valence-corrected chi connectivity index (χ0v) is 12.4. The zero-order chi connectivity index (χ0) is 13.8. The van der Waals surface area contributed by atoms with Crippen LogP contribution in [-0.4, -0.2) is 49.3 Å². The van der Waals surface area contributed by atoms with Crippen molar-refractivity contribution in [3.8, 4) is 0 Å². The number of carbonyl (C=O) groups excluding carboxylic acids is 1. The molecule has 0 spiro atoms. The number of nitrogens with zero attached hydrogens (tertiary/aromatic N) is 1. The number of likely N-dealkylation sites (tertiary alicyclic amines) is 1. The van der Waals surface area contributed by atoms with Crippen LogP contribution in [0, 0.1) is 5.92 Å². The molecule has 2 unspecified atom stereocenters. The maximum Gasteiger partial charge on any atom is 0.307 e. The minimum absolute atomic E-state index is 0.116. The van der Waals surface area contributed by atoms with Gasteiger partial charge in [0.15, 0.2) is 0 Å². The van der Waals surface area contributed by atoms with Crippen molar-refractivity contribution in [1.29, 1.82) is 0 Å². The van der Waals surface area contributed by atoms with Gasteiger partial charge in [0.25, 0.3) is 0 Å². The molecule has 4 nitrogen and oxygen atoms in total. The summed E-state index contributed by atoms with van der Waals surface area (Å²) in [6, 6.07) is 0. The Hall–Kier alpha value is -0.610. The Morgan fingerprint density at radius 1 is 1.39 bits per heavy atom. The van der Waals surface area contributed by atoms with Gasteiger partial charge in [-0.3, -0.25) is 4.79 Å². The van der Waals surface area contributed by atoms with Gasteiger partial charge in [-0.1, -0.05) is 6.92 Å². The van der Waals surface area contributed by atoms with Crippen LogP contribution in [0.4, 0.5) is 0 Å². The molecule has 0 aromatic rings. The second kappa shape index (κ2) is 6.53. The van der Waals surface area contributed by atoms with E-state index in [4.69, 9.17) is 9.47 Å². The number of hydrogen-bond acceptors (Lipinski definition) is 4. The highest BCUT2D eigenvalue weighted by atomic mass is 16.6. The quantitative estimate of drug-likeness (QED) is 0.723. The van der Waals surface area contributed by atoms with Crippen LogP contribution in [0.5, 0.6) is 0 Å². The highest BCUT2D eigenvalue weighted by molar-refractivity contribution is 5.70. The van der Waals surface area contributed by atoms with Crippen molar-refractivity contribution in [2.45, 2.75) is 52.2 Å². The van der Waals surface area contributed by atoms with Crippen molar-refractivity contribution in [2.24, 2.45) is 5.92 Å². The predicted octanol–water partition coefficient (Wildman–Crippen LogP) is 2.07. The summed E-state index contributed by atoms with van der Waals surface area (Å²) < 4.78 is 10.8. The molecule has 1 rings (SSSR count). The molecule has 0 aromatic carbocycles. The van der Waals surface area contributed by atoms with E-state index in [1.165, 1.54) is 0 Å². The van der Waals surface area contributed by atoms with Gasteiger partial charge in [-0.25, -0.2) is 0 Å². The van der Waals surface area contributed by atoms with E-state index in [9.17, 15) is 4.79 Å². The topological polar surface area (TPSA) is 38.8 Å². The lowest BCUT2D eigenvalue weighted by Gasteiger charge is -2.36. The molecule has 1 aliphatic rings. The number of hydrogen-bond donors (Lipinski definition) is 0. The van der Waals surface area contributed by atoms with Crippen LogP contribution < -0.4 is 0 Å². The number of methoxy groups -OCH3 is 1. The van der Waals surface area contributed by atoms with E-state index in [-0.39, 0.29) is 17.7 Å². The van der Waals surface area contributed by atoms with Gasteiger partial charge in [0.1, 0.15) is 5.60 Å². The molecule has 0 N–H and O–H groups in total. The Balaban J connectivity index is 2.29. The van der Waals surface area contributed by atoms with Gasteiger partial charge in [-0.15, -0.1) is 0 Å². The highest BCUT2D eigenvalue weighted by Gasteiger charge is 2.26. The number of rotatable bonds is 4. The molecule has 18 heavy (non-hydrogen) atoms. The smallest absolute Gasteiger partial charge is 0.307 e. The van der Waals surface area contributed by atoms with Crippen LogP contribution in [-0.2, 0) is 14.3 Å². The lowest BCUT2D eigenvalue weighted by Crippen LogP contribution is -2.44. The molecule has 0 aromatic heterocycles. The summed E-state index contributed by atoms with van der Waals surface area (Å²) in [4.78, 5) is 13.9. The maximum atomic E-state index is 11.6. The largest absolute Gasteiger partial charge is 0.460 e. The maximum absolute atomic E-state index is 11.6. The number of carbonyl (C=O) groups is 1. The normalized spacial score (nSPS) is 26.1. The first kappa shape index (κ1) is 15.4. The molecule has 0 amide bonds. The Morgan fingerprint density at radius 2 is 2.06 bits per heavy atom. The zero-order valence-electron chi connectivity index (χ0n) is 12.4. The second-order valence-electron chi connectivity index (χ2n) is 6.18. The Kier molecular flexibility index (Phi) is 5.60. The Morgan fingerprint density at radius 3 is 2.61 bits per heavy atom. The summed E-state index contributed by atoms with van der Waals surface area (Å²) in [5.41, 5.74) is -0.386. The van der Waals surface area contributed by atoms with Crippen molar-refractivity contribution in [2.75, 3.05) is 26.7 Å². The first-order chi connectivity index (χ1) is 8.31. The summed E-state index contributed by atoms with van der Waals surface area (Å²) >= 11 is 0. The highest BCUT2D eigenvalue weighted by Crippen LogP contribution is 2.19. The lowest BCUT2D eigenvalue weighted by molar-refractivity contribution is -0.155. The van der Waals surface area contributed by atoms with E-state index < -0.39 is 0 Å². The van der Waals surface area contributed by atoms with Gasteiger partial charge in [0.05, 0.1) is 12.5 Å². The average molecular weight is 257 g/mol. The van der Waals surface area contributed by atoms with Gasteiger partial charge in [-0.2, -0.15) is 0 Å². The first-order valence-electron chi connectivity index (χ1n) is 6.79. The third kappa shape index (κ3) is 5.36. The third-order valence-electron chi connectivity index (χ3n) is 3.33. The van der Waals surface area contributed by atoms with Crippen LogP contribution in [0.2, 0.25) is 0 Å². The molecular formula is C14H27NO3. The number of piperidine rings is 1. The molecule has 0 aliphatic carbocycles. The molecule has 4 heteroatoms. The van der Waals surface area contributed by atoms with Crippen molar-refractivity contribution in [3.05, 3.63) is 0 Å². The summed E-state index contributed by atoms with van der Waals surface area (Å²) in [6.45, 7) is 10.6. The monoisotopic (exact) mass is 257 g/mol. The molecule has 1 saturated heterocycles. The second-order valence-corrected chi connectivity index (χ2v) is 6.18. The number of esters is 1. The summed E-state index contributed by atoms with van der Waals surface area (Å²) in [5.74, 6) is 0.489. The molecule has 1 aliphatic heterocycles. The van der Waals surface area contributed by atoms with Gasteiger partial charge >= 0.3 is 5.97 Å². The van der Waals surface area contributed by atoms with Crippen LogP contribution in [0.1, 0.15) is 40.5 Å². The van der Waals surface area contributed by atoms with Crippen molar-refractivity contribution in [3.63, 3.8) is 0 Å². The fourth-order valence-corrected chi connectivity index (χ4v) is 2.25. The van der Waals surface area contributed by atoms with E-state index in [1.54, 1.807) is 7.11 Å². The minimum atomic E-state index is -0.386. The van der Waals surface area contributed by atoms with E-state index in [1.807, 2.05) is 20.8 Å². The molecule has 0 radical (unpaired) electrons. The van der Waals surface area contributed by atoms with Crippen LogP contribution in [0.25, 0.3) is 0 Å². The van der Waals surface area contributed by atoms with Crippen molar-refractivity contribution < 1.29 is 14.3 Å². The standard InChI is InChI=1S/C14H27NO3/c1-11-6-8-15(10-12(11)17-5)9-7-13(16)18-14(2,3)4/h11-12H,6-10H2,1-5H3. The van der Waals surface area contributed by atoms with E-state index in [0.717, 1.165) is 26.1 Å². The molecular weight excluding hydrogens is 230 g/mol.